The first-order chi connectivity index (χ1) is 7.20. The van der Waals surface area contributed by atoms with Crippen molar-refractivity contribution in [2.45, 2.75) is 32.1 Å². The molecule has 0 spiro atoms. The Morgan fingerprint density at radius 1 is 1.53 bits per heavy atom. The van der Waals surface area contributed by atoms with Crippen LogP contribution in [0.5, 0.6) is 0 Å². The Hall–Kier alpha value is -1.25. The third-order valence-electron chi connectivity index (χ3n) is 3.36. The molecule has 0 aromatic rings. The van der Waals surface area contributed by atoms with E-state index in [2.05, 4.69) is 6.08 Å². The standard InChI is InChI=1S/C12H16O3/c1-15-11-5-4-8-6-10(12(13)14)3-2-9(8)7-11/h5,10H,2-4,6-7H2,1H3,(H,13,14)/t10-/m0/s1. The van der Waals surface area contributed by atoms with Crippen LogP contribution in [0.15, 0.2) is 23.0 Å². The molecule has 82 valence electrons. The summed E-state index contributed by atoms with van der Waals surface area (Å²) in [4.78, 5) is 10.9. The maximum absolute atomic E-state index is 10.9. The predicted octanol–water partition coefficient (Wildman–Crippen LogP) is 2.49. The highest BCUT2D eigenvalue weighted by Crippen LogP contribution is 2.37. The minimum atomic E-state index is -0.650. The first-order valence-electron chi connectivity index (χ1n) is 5.36. The number of rotatable bonds is 2. The number of carboxylic acid groups (broad SMARTS) is 1. The maximum Gasteiger partial charge on any atom is 0.306 e. The van der Waals surface area contributed by atoms with Gasteiger partial charge in [0, 0.05) is 6.42 Å². The molecule has 15 heavy (non-hydrogen) atoms. The molecule has 0 amide bonds. The maximum atomic E-state index is 10.9. The Kier molecular flexibility index (Phi) is 2.80. The molecule has 0 radical (unpaired) electrons. The molecule has 2 aliphatic rings. The zero-order valence-electron chi connectivity index (χ0n) is 8.95. The first-order valence-corrected chi connectivity index (χ1v) is 5.36. The Labute approximate surface area is 89.4 Å². The van der Waals surface area contributed by atoms with Crippen molar-refractivity contribution < 1.29 is 14.6 Å². The van der Waals surface area contributed by atoms with Crippen LogP contribution in [-0.2, 0) is 9.53 Å². The molecule has 1 N–H and O–H groups in total. The lowest BCUT2D eigenvalue weighted by Gasteiger charge is -2.27. The zero-order valence-corrected chi connectivity index (χ0v) is 8.95. The van der Waals surface area contributed by atoms with E-state index >= 15 is 0 Å². The molecule has 0 aromatic heterocycles. The summed E-state index contributed by atoms with van der Waals surface area (Å²) in [6.45, 7) is 0. The molecule has 0 saturated carbocycles. The largest absolute Gasteiger partial charge is 0.501 e. The van der Waals surface area contributed by atoms with Crippen molar-refractivity contribution in [2.24, 2.45) is 5.92 Å². The van der Waals surface area contributed by atoms with E-state index in [1.165, 1.54) is 11.1 Å². The van der Waals surface area contributed by atoms with Crippen LogP contribution < -0.4 is 0 Å². The lowest BCUT2D eigenvalue weighted by atomic mass is 9.79. The summed E-state index contributed by atoms with van der Waals surface area (Å²) in [5.41, 5.74) is 2.74. The van der Waals surface area contributed by atoms with Gasteiger partial charge in [0.05, 0.1) is 18.8 Å². The number of carboxylic acids is 1. The number of carbonyl (C=O) groups is 1. The van der Waals surface area contributed by atoms with Gasteiger partial charge in [-0.15, -0.1) is 0 Å². The second-order valence-electron chi connectivity index (χ2n) is 4.24. The van der Waals surface area contributed by atoms with E-state index in [4.69, 9.17) is 9.84 Å². The fourth-order valence-corrected chi connectivity index (χ4v) is 2.40. The number of allylic oxidation sites excluding steroid dienone is 3. The third kappa shape index (κ3) is 2.06. The summed E-state index contributed by atoms with van der Waals surface area (Å²) in [6.07, 6.45) is 6.28. The zero-order chi connectivity index (χ0) is 10.8. The number of aliphatic carboxylic acids is 1. The Morgan fingerprint density at radius 3 is 3.00 bits per heavy atom. The third-order valence-corrected chi connectivity index (χ3v) is 3.36. The summed E-state index contributed by atoms with van der Waals surface area (Å²) in [5, 5.41) is 8.96. The van der Waals surface area contributed by atoms with E-state index in [0.717, 1.165) is 37.9 Å². The highest BCUT2D eigenvalue weighted by Gasteiger charge is 2.27. The molecule has 0 unspecified atom stereocenters. The molecule has 3 heteroatoms. The summed E-state index contributed by atoms with van der Waals surface area (Å²) in [6, 6.07) is 0. The first kappa shape index (κ1) is 10.3. The van der Waals surface area contributed by atoms with Gasteiger partial charge in [-0.1, -0.05) is 11.1 Å². The van der Waals surface area contributed by atoms with Crippen LogP contribution in [0, 0.1) is 5.92 Å². The van der Waals surface area contributed by atoms with Crippen LogP contribution >= 0.6 is 0 Å². The van der Waals surface area contributed by atoms with E-state index < -0.39 is 5.97 Å². The second-order valence-corrected chi connectivity index (χ2v) is 4.24. The number of methoxy groups -OCH3 is 1. The van der Waals surface area contributed by atoms with Gasteiger partial charge in [-0.2, -0.15) is 0 Å². The Bertz CT molecular complexity index is 339. The van der Waals surface area contributed by atoms with Gasteiger partial charge in [0.15, 0.2) is 0 Å². The van der Waals surface area contributed by atoms with Crippen molar-refractivity contribution in [1.82, 2.24) is 0 Å². The normalized spacial score (nSPS) is 25.7. The van der Waals surface area contributed by atoms with Crippen LogP contribution in [0.4, 0.5) is 0 Å². The molecule has 3 nitrogen and oxygen atoms in total. The number of hydrogen-bond acceptors (Lipinski definition) is 2. The Balaban J connectivity index is 2.07. The fraction of sp³-hybridized carbons (Fsp3) is 0.583. The molecule has 0 saturated heterocycles. The lowest BCUT2D eigenvalue weighted by Crippen LogP contribution is -2.20. The van der Waals surface area contributed by atoms with Crippen LogP contribution in [0.3, 0.4) is 0 Å². The second kappa shape index (κ2) is 4.09. The minimum Gasteiger partial charge on any atom is -0.501 e. The van der Waals surface area contributed by atoms with Crippen molar-refractivity contribution in [2.75, 3.05) is 7.11 Å². The molecule has 2 aliphatic carbocycles. The van der Waals surface area contributed by atoms with E-state index in [0.29, 0.717) is 0 Å². The monoisotopic (exact) mass is 208 g/mol. The molecule has 1 atom stereocenters. The van der Waals surface area contributed by atoms with E-state index in [1.54, 1.807) is 7.11 Å². The van der Waals surface area contributed by atoms with Gasteiger partial charge in [0.2, 0.25) is 0 Å². The Morgan fingerprint density at radius 2 is 2.33 bits per heavy atom. The summed E-state index contributed by atoms with van der Waals surface area (Å²) in [5.74, 6) is 0.215. The van der Waals surface area contributed by atoms with Gasteiger partial charge in [-0.25, -0.2) is 0 Å². The average Bonchev–Trinajstić information content (AvgIpc) is 2.27. The predicted molar refractivity (Wildman–Crippen MR) is 56.3 cm³/mol. The highest BCUT2D eigenvalue weighted by molar-refractivity contribution is 5.70. The van der Waals surface area contributed by atoms with Crippen LogP contribution in [0.25, 0.3) is 0 Å². The van der Waals surface area contributed by atoms with Gasteiger partial charge < -0.3 is 9.84 Å². The minimum absolute atomic E-state index is 0.166. The van der Waals surface area contributed by atoms with E-state index in [-0.39, 0.29) is 5.92 Å². The molecule has 0 heterocycles. The van der Waals surface area contributed by atoms with Crippen LogP contribution in [0.2, 0.25) is 0 Å². The van der Waals surface area contributed by atoms with E-state index in [9.17, 15) is 4.79 Å². The molecule has 2 rings (SSSR count). The van der Waals surface area contributed by atoms with Crippen molar-refractivity contribution >= 4 is 5.97 Å². The van der Waals surface area contributed by atoms with Crippen LogP contribution in [0.1, 0.15) is 32.1 Å². The van der Waals surface area contributed by atoms with Crippen molar-refractivity contribution in [3.63, 3.8) is 0 Å². The lowest BCUT2D eigenvalue weighted by molar-refractivity contribution is -0.142. The van der Waals surface area contributed by atoms with E-state index in [1.807, 2.05) is 0 Å². The molecule has 0 bridgehead atoms. The van der Waals surface area contributed by atoms with Crippen molar-refractivity contribution in [1.29, 1.82) is 0 Å². The summed E-state index contributed by atoms with van der Waals surface area (Å²) < 4.78 is 5.23. The molecule has 0 aromatic carbocycles. The molecule has 0 aliphatic heterocycles. The molecular formula is C12H16O3. The van der Waals surface area contributed by atoms with Crippen LogP contribution in [-0.4, -0.2) is 18.2 Å². The smallest absolute Gasteiger partial charge is 0.306 e. The fourth-order valence-electron chi connectivity index (χ4n) is 2.40. The van der Waals surface area contributed by atoms with Gasteiger partial charge in [-0.05, 0) is 31.8 Å². The molecule has 0 fully saturated rings. The quantitative estimate of drug-likeness (QED) is 0.709. The topological polar surface area (TPSA) is 46.5 Å². The summed E-state index contributed by atoms with van der Waals surface area (Å²) in [7, 11) is 1.69. The number of ether oxygens (including phenoxy) is 1. The van der Waals surface area contributed by atoms with Crippen molar-refractivity contribution in [3.05, 3.63) is 23.0 Å². The highest BCUT2D eigenvalue weighted by atomic mass is 16.5. The average molecular weight is 208 g/mol. The van der Waals surface area contributed by atoms with Crippen molar-refractivity contribution in [3.8, 4) is 0 Å². The SMILES string of the molecule is COC1=CCC2=C(CC[C@H](C(=O)O)C2)C1. The van der Waals surface area contributed by atoms with Gasteiger partial charge in [0.1, 0.15) is 0 Å². The van der Waals surface area contributed by atoms with Gasteiger partial charge in [-0.3, -0.25) is 4.79 Å². The molecular weight excluding hydrogens is 192 g/mol. The van der Waals surface area contributed by atoms with Gasteiger partial charge >= 0.3 is 5.97 Å². The summed E-state index contributed by atoms with van der Waals surface area (Å²) >= 11 is 0. The number of hydrogen-bond donors (Lipinski definition) is 1. The van der Waals surface area contributed by atoms with Gasteiger partial charge in [0.25, 0.3) is 0 Å².